The largest absolute Gasteiger partial charge is 0.313 e. The number of rotatable bonds is 5. The van der Waals surface area contributed by atoms with Gasteiger partial charge in [-0.25, -0.2) is 0 Å². The lowest BCUT2D eigenvalue weighted by Crippen LogP contribution is -2.36. The maximum atomic E-state index is 11.1. The second-order valence-electron chi connectivity index (χ2n) is 6.09. The van der Waals surface area contributed by atoms with Crippen molar-refractivity contribution >= 4 is 5.69 Å². The summed E-state index contributed by atoms with van der Waals surface area (Å²) in [4.78, 5) is 15.2. The molecular formula is C18H21N3O2. The molecule has 0 spiro atoms. The Bertz CT molecular complexity index is 701. The van der Waals surface area contributed by atoms with E-state index in [1.54, 1.807) is 13.0 Å². The molecule has 120 valence electrons. The summed E-state index contributed by atoms with van der Waals surface area (Å²) < 4.78 is 0. The SMILES string of the molecule is Cc1nc2c(cc1[N+](=O)[O-])CC(NCCc1ccccc1)CC2. The summed E-state index contributed by atoms with van der Waals surface area (Å²) in [5, 5.41) is 14.6. The number of aryl methyl sites for hydroxylation is 2. The number of benzene rings is 1. The third-order valence-electron chi connectivity index (χ3n) is 4.44. The first-order chi connectivity index (χ1) is 11.1. The summed E-state index contributed by atoms with van der Waals surface area (Å²) in [6.45, 7) is 2.63. The number of hydrogen-bond donors (Lipinski definition) is 1. The number of nitrogens with one attached hydrogen (secondary N) is 1. The molecule has 1 unspecified atom stereocenters. The van der Waals surface area contributed by atoms with Crippen molar-refractivity contribution in [3.63, 3.8) is 0 Å². The van der Waals surface area contributed by atoms with Crippen LogP contribution in [0.3, 0.4) is 0 Å². The second-order valence-corrected chi connectivity index (χ2v) is 6.09. The minimum atomic E-state index is -0.338. The minimum Gasteiger partial charge on any atom is -0.313 e. The highest BCUT2D eigenvalue weighted by Gasteiger charge is 2.23. The van der Waals surface area contributed by atoms with Gasteiger partial charge in [0.15, 0.2) is 0 Å². The van der Waals surface area contributed by atoms with Gasteiger partial charge in [0.05, 0.1) is 4.92 Å². The maximum absolute atomic E-state index is 11.1. The van der Waals surface area contributed by atoms with Crippen molar-refractivity contribution < 1.29 is 4.92 Å². The number of hydrogen-bond acceptors (Lipinski definition) is 4. The molecule has 23 heavy (non-hydrogen) atoms. The van der Waals surface area contributed by atoms with Crippen LogP contribution in [0.5, 0.6) is 0 Å². The normalized spacial score (nSPS) is 16.8. The quantitative estimate of drug-likeness (QED) is 0.681. The van der Waals surface area contributed by atoms with Gasteiger partial charge in [0.2, 0.25) is 0 Å². The van der Waals surface area contributed by atoms with Crippen LogP contribution < -0.4 is 5.32 Å². The van der Waals surface area contributed by atoms with E-state index in [0.29, 0.717) is 11.7 Å². The van der Waals surface area contributed by atoms with E-state index in [-0.39, 0.29) is 10.6 Å². The Morgan fingerprint density at radius 3 is 2.87 bits per heavy atom. The van der Waals surface area contributed by atoms with E-state index in [1.165, 1.54) is 5.56 Å². The molecule has 1 aliphatic carbocycles. The monoisotopic (exact) mass is 311 g/mol. The molecule has 0 amide bonds. The molecule has 1 N–H and O–H groups in total. The zero-order chi connectivity index (χ0) is 16.2. The van der Waals surface area contributed by atoms with E-state index < -0.39 is 0 Å². The van der Waals surface area contributed by atoms with E-state index in [4.69, 9.17) is 0 Å². The second kappa shape index (κ2) is 6.87. The molecule has 1 aromatic carbocycles. The fourth-order valence-corrected chi connectivity index (χ4v) is 3.18. The minimum absolute atomic E-state index is 0.133. The molecule has 0 bridgehead atoms. The molecule has 1 aromatic heterocycles. The molecule has 0 saturated carbocycles. The van der Waals surface area contributed by atoms with Crippen LogP contribution >= 0.6 is 0 Å². The zero-order valence-corrected chi connectivity index (χ0v) is 13.3. The summed E-state index contributed by atoms with van der Waals surface area (Å²) in [6.07, 6.45) is 3.73. The summed E-state index contributed by atoms with van der Waals surface area (Å²) in [5.74, 6) is 0. The Labute approximate surface area is 135 Å². The third-order valence-corrected chi connectivity index (χ3v) is 4.44. The lowest BCUT2D eigenvalue weighted by molar-refractivity contribution is -0.385. The number of pyridine rings is 1. The van der Waals surface area contributed by atoms with Gasteiger partial charge in [0, 0.05) is 17.8 Å². The number of aromatic nitrogens is 1. The summed E-state index contributed by atoms with van der Waals surface area (Å²) >= 11 is 0. The molecular weight excluding hydrogens is 290 g/mol. The average Bonchev–Trinajstić information content (AvgIpc) is 2.55. The molecule has 1 heterocycles. The first-order valence-corrected chi connectivity index (χ1v) is 8.04. The van der Waals surface area contributed by atoms with E-state index in [2.05, 4.69) is 34.6 Å². The fraction of sp³-hybridized carbons (Fsp3) is 0.389. The van der Waals surface area contributed by atoms with Crippen LogP contribution in [0.2, 0.25) is 0 Å². The Kier molecular flexibility index (Phi) is 4.67. The first-order valence-electron chi connectivity index (χ1n) is 8.04. The lowest BCUT2D eigenvalue weighted by Gasteiger charge is -2.25. The van der Waals surface area contributed by atoms with Crippen molar-refractivity contribution in [3.05, 3.63) is 69.0 Å². The van der Waals surface area contributed by atoms with E-state index >= 15 is 0 Å². The van der Waals surface area contributed by atoms with Crippen LogP contribution in [0.1, 0.15) is 28.9 Å². The van der Waals surface area contributed by atoms with Crippen LogP contribution in [0.15, 0.2) is 36.4 Å². The molecule has 5 nitrogen and oxygen atoms in total. The molecule has 0 aliphatic heterocycles. The van der Waals surface area contributed by atoms with Crippen molar-refractivity contribution in [2.45, 2.75) is 38.6 Å². The maximum Gasteiger partial charge on any atom is 0.290 e. The molecule has 1 aliphatic rings. The van der Waals surface area contributed by atoms with Gasteiger partial charge in [-0.05, 0) is 50.3 Å². The van der Waals surface area contributed by atoms with E-state index in [0.717, 1.165) is 43.5 Å². The number of fused-ring (bicyclic) bond motifs is 1. The summed E-state index contributed by atoms with van der Waals surface area (Å²) in [6, 6.07) is 12.5. The van der Waals surface area contributed by atoms with Crippen LogP contribution in [0.4, 0.5) is 5.69 Å². The van der Waals surface area contributed by atoms with E-state index in [9.17, 15) is 10.1 Å². The Hall–Kier alpha value is -2.27. The van der Waals surface area contributed by atoms with E-state index in [1.807, 2.05) is 6.07 Å². The highest BCUT2D eigenvalue weighted by atomic mass is 16.6. The molecule has 1 atom stereocenters. The number of nitro groups is 1. The predicted molar refractivity (Wildman–Crippen MR) is 89.6 cm³/mol. The van der Waals surface area contributed by atoms with Crippen LogP contribution in [0.25, 0.3) is 0 Å². The average molecular weight is 311 g/mol. The Balaban J connectivity index is 1.61. The van der Waals surface area contributed by atoms with Crippen LogP contribution in [0, 0.1) is 17.0 Å². The molecule has 5 heteroatoms. The molecule has 2 aromatic rings. The smallest absolute Gasteiger partial charge is 0.290 e. The highest BCUT2D eigenvalue weighted by Crippen LogP contribution is 2.26. The van der Waals surface area contributed by atoms with Gasteiger partial charge in [0.25, 0.3) is 5.69 Å². The van der Waals surface area contributed by atoms with Gasteiger partial charge in [-0.2, -0.15) is 0 Å². The molecule has 3 rings (SSSR count). The number of nitrogens with zero attached hydrogens (tertiary/aromatic N) is 2. The van der Waals surface area contributed by atoms with Gasteiger partial charge in [-0.3, -0.25) is 15.1 Å². The third kappa shape index (κ3) is 3.74. The van der Waals surface area contributed by atoms with Crippen molar-refractivity contribution in [1.29, 1.82) is 0 Å². The topological polar surface area (TPSA) is 68.1 Å². The van der Waals surface area contributed by atoms with Crippen LogP contribution in [-0.4, -0.2) is 22.5 Å². The summed E-state index contributed by atoms with van der Waals surface area (Å²) in [7, 11) is 0. The highest BCUT2D eigenvalue weighted by molar-refractivity contribution is 5.41. The van der Waals surface area contributed by atoms with Gasteiger partial charge < -0.3 is 5.32 Å². The predicted octanol–water partition coefficient (Wildman–Crippen LogP) is 2.99. The molecule has 0 fully saturated rings. The van der Waals surface area contributed by atoms with Gasteiger partial charge >= 0.3 is 0 Å². The standard InChI is InChI=1S/C18H21N3O2/c1-13-18(21(22)23)12-15-11-16(7-8-17(15)20-13)19-10-9-14-5-3-2-4-6-14/h2-6,12,16,19H,7-11H2,1H3. The van der Waals surface area contributed by atoms with Crippen molar-refractivity contribution in [1.82, 2.24) is 10.3 Å². The van der Waals surface area contributed by atoms with Gasteiger partial charge in [-0.15, -0.1) is 0 Å². The summed E-state index contributed by atoms with van der Waals surface area (Å²) in [5.41, 5.74) is 4.02. The van der Waals surface area contributed by atoms with Gasteiger partial charge in [0.1, 0.15) is 5.69 Å². The van der Waals surface area contributed by atoms with Crippen molar-refractivity contribution in [2.24, 2.45) is 0 Å². The van der Waals surface area contributed by atoms with Crippen molar-refractivity contribution in [2.75, 3.05) is 6.54 Å². The zero-order valence-electron chi connectivity index (χ0n) is 13.3. The van der Waals surface area contributed by atoms with Gasteiger partial charge in [-0.1, -0.05) is 30.3 Å². The Morgan fingerprint density at radius 1 is 1.35 bits per heavy atom. The fourth-order valence-electron chi connectivity index (χ4n) is 3.18. The molecule has 0 saturated heterocycles. The first kappa shape index (κ1) is 15.6. The van der Waals surface area contributed by atoms with Crippen LogP contribution in [-0.2, 0) is 19.3 Å². The molecule has 0 radical (unpaired) electrons. The lowest BCUT2D eigenvalue weighted by atomic mass is 9.91. The van der Waals surface area contributed by atoms with Crippen molar-refractivity contribution in [3.8, 4) is 0 Å². The Morgan fingerprint density at radius 2 is 2.13 bits per heavy atom.